The van der Waals surface area contributed by atoms with Gasteiger partial charge in [0.25, 0.3) is 0 Å². The fourth-order valence-corrected chi connectivity index (χ4v) is 2.18. The molecule has 18 heavy (non-hydrogen) atoms. The number of hydrogen-bond acceptors (Lipinski definition) is 2. The van der Waals surface area contributed by atoms with Gasteiger partial charge >= 0.3 is 12.0 Å². The lowest BCUT2D eigenvalue weighted by Crippen LogP contribution is -2.42. The Morgan fingerprint density at radius 3 is 2.89 bits per heavy atom. The molecular formula is C13H16N2O3. The summed E-state index contributed by atoms with van der Waals surface area (Å²) in [5, 5.41) is 11.8. The Morgan fingerprint density at radius 1 is 1.44 bits per heavy atom. The van der Waals surface area contributed by atoms with Gasteiger partial charge in [-0.2, -0.15) is 0 Å². The molecule has 2 amide bonds. The molecule has 0 unspecified atom stereocenters. The zero-order valence-electron chi connectivity index (χ0n) is 10.2. The number of benzene rings is 1. The van der Waals surface area contributed by atoms with E-state index in [0.29, 0.717) is 18.7 Å². The lowest BCUT2D eigenvalue weighted by Gasteiger charge is -2.21. The first-order chi connectivity index (χ1) is 8.58. The van der Waals surface area contributed by atoms with E-state index in [0.717, 1.165) is 12.0 Å². The van der Waals surface area contributed by atoms with Gasteiger partial charge in [0.15, 0.2) is 0 Å². The molecule has 1 atom stereocenters. The molecule has 0 spiro atoms. The van der Waals surface area contributed by atoms with Crippen molar-refractivity contribution in [1.82, 2.24) is 4.90 Å². The maximum atomic E-state index is 12.0. The Morgan fingerprint density at radius 2 is 2.22 bits per heavy atom. The number of nitrogens with zero attached hydrogens (tertiary/aromatic N) is 1. The van der Waals surface area contributed by atoms with E-state index < -0.39 is 12.0 Å². The van der Waals surface area contributed by atoms with Crippen molar-refractivity contribution in [2.75, 3.05) is 11.9 Å². The van der Waals surface area contributed by atoms with Crippen molar-refractivity contribution in [2.45, 2.75) is 25.8 Å². The zero-order valence-corrected chi connectivity index (χ0v) is 10.2. The Hall–Kier alpha value is -2.04. The molecule has 0 saturated carbocycles. The maximum Gasteiger partial charge on any atom is 0.326 e. The number of carbonyl (C=O) groups is 2. The average Bonchev–Trinajstić information content (AvgIpc) is 2.77. The van der Waals surface area contributed by atoms with Gasteiger partial charge in [-0.15, -0.1) is 0 Å². The number of carbonyl (C=O) groups excluding carboxylic acids is 1. The third-order valence-corrected chi connectivity index (χ3v) is 3.07. The molecule has 1 aromatic carbocycles. The number of anilines is 1. The van der Waals surface area contributed by atoms with Crippen molar-refractivity contribution in [1.29, 1.82) is 0 Å². The van der Waals surface area contributed by atoms with Gasteiger partial charge in [-0.25, -0.2) is 9.59 Å². The van der Waals surface area contributed by atoms with Gasteiger partial charge in [-0.3, -0.25) is 0 Å². The minimum absolute atomic E-state index is 0.342. The second-order valence-corrected chi connectivity index (χ2v) is 4.49. The van der Waals surface area contributed by atoms with Crippen LogP contribution in [0.3, 0.4) is 0 Å². The molecule has 5 heteroatoms. The smallest absolute Gasteiger partial charge is 0.326 e. The van der Waals surface area contributed by atoms with Crippen LogP contribution in [0.4, 0.5) is 10.5 Å². The van der Waals surface area contributed by atoms with Crippen LogP contribution < -0.4 is 5.32 Å². The van der Waals surface area contributed by atoms with Crippen LogP contribution >= 0.6 is 0 Å². The molecule has 2 N–H and O–H groups in total. The third-order valence-electron chi connectivity index (χ3n) is 3.07. The molecule has 1 heterocycles. The standard InChI is InChI=1S/C13H16N2O3/c1-9-4-2-5-10(8-9)14-13(18)15-7-3-6-11(15)12(16)17/h2,4-5,8,11H,3,6-7H2,1H3,(H,14,18)(H,16,17)/t11-/m1/s1. The number of amides is 2. The van der Waals surface area contributed by atoms with Crippen molar-refractivity contribution in [3.05, 3.63) is 29.8 Å². The molecule has 1 aromatic rings. The van der Waals surface area contributed by atoms with Crippen LogP contribution in [0.5, 0.6) is 0 Å². The van der Waals surface area contributed by atoms with Gasteiger partial charge in [-0.05, 0) is 37.5 Å². The minimum Gasteiger partial charge on any atom is -0.480 e. The van der Waals surface area contributed by atoms with Crippen LogP contribution in [-0.2, 0) is 4.79 Å². The Bertz CT molecular complexity index is 473. The number of nitrogens with one attached hydrogen (secondary N) is 1. The molecule has 96 valence electrons. The monoisotopic (exact) mass is 248 g/mol. The van der Waals surface area contributed by atoms with Crippen molar-refractivity contribution in [3.8, 4) is 0 Å². The molecule has 1 fully saturated rings. The van der Waals surface area contributed by atoms with E-state index in [2.05, 4.69) is 5.32 Å². The number of urea groups is 1. The highest BCUT2D eigenvalue weighted by molar-refractivity contribution is 5.92. The van der Waals surface area contributed by atoms with E-state index in [9.17, 15) is 9.59 Å². The predicted octanol–water partition coefficient (Wildman–Crippen LogP) is 2.08. The van der Waals surface area contributed by atoms with Gasteiger partial charge in [0.2, 0.25) is 0 Å². The third kappa shape index (κ3) is 2.61. The fourth-order valence-electron chi connectivity index (χ4n) is 2.18. The van der Waals surface area contributed by atoms with E-state index in [1.807, 2.05) is 25.1 Å². The molecule has 0 aliphatic carbocycles. The summed E-state index contributed by atoms with van der Waals surface area (Å²) in [5.74, 6) is -0.938. The Labute approximate surface area is 105 Å². The summed E-state index contributed by atoms with van der Waals surface area (Å²) in [5.41, 5.74) is 1.74. The Balaban J connectivity index is 2.06. The zero-order chi connectivity index (χ0) is 13.1. The molecule has 0 bridgehead atoms. The summed E-state index contributed by atoms with van der Waals surface area (Å²) in [6.07, 6.45) is 1.26. The van der Waals surface area contributed by atoms with E-state index in [1.165, 1.54) is 4.90 Å². The number of carboxylic acids is 1. The second kappa shape index (κ2) is 5.08. The van der Waals surface area contributed by atoms with Gasteiger partial charge in [-0.1, -0.05) is 12.1 Å². The van der Waals surface area contributed by atoms with Crippen LogP contribution in [0, 0.1) is 6.92 Å². The normalized spacial score (nSPS) is 18.7. The summed E-state index contributed by atoms with van der Waals surface area (Å²) < 4.78 is 0. The van der Waals surface area contributed by atoms with Crippen LogP contribution in [0.2, 0.25) is 0 Å². The summed E-state index contributed by atoms with van der Waals surface area (Å²) in [4.78, 5) is 24.4. The van der Waals surface area contributed by atoms with Crippen molar-refractivity contribution in [2.24, 2.45) is 0 Å². The van der Waals surface area contributed by atoms with E-state index in [1.54, 1.807) is 6.07 Å². The maximum absolute atomic E-state index is 12.0. The van der Waals surface area contributed by atoms with Gasteiger partial charge < -0.3 is 15.3 Å². The first kappa shape index (κ1) is 12.4. The molecule has 0 aromatic heterocycles. The van der Waals surface area contributed by atoms with Crippen molar-refractivity contribution >= 4 is 17.7 Å². The number of hydrogen-bond donors (Lipinski definition) is 2. The molecule has 0 radical (unpaired) electrons. The molecular weight excluding hydrogens is 232 g/mol. The lowest BCUT2D eigenvalue weighted by molar-refractivity contribution is -0.141. The van der Waals surface area contributed by atoms with E-state index in [4.69, 9.17) is 5.11 Å². The lowest BCUT2D eigenvalue weighted by atomic mass is 10.2. The summed E-state index contributed by atoms with van der Waals surface area (Å²) in [6.45, 7) is 2.43. The molecule has 1 saturated heterocycles. The first-order valence-electron chi connectivity index (χ1n) is 5.95. The van der Waals surface area contributed by atoms with Crippen LogP contribution in [0.25, 0.3) is 0 Å². The highest BCUT2D eigenvalue weighted by Gasteiger charge is 2.33. The van der Waals surface area contributed by atoms with Crippen LogP contribution in [0.1, 0.15) is 18.4 Å². The second-order valence-electron chi connectivity index (χ2n) is 4.49. The number of aryl methyl sites for hydroxylation is 1. The van der Waals surface area contributed by atoms with Crippen LogP contribution in [-0.4, -0.2) is 34.6 Å². The SMILES string of the molecule is Cc1cccc(NC(=O)N2CCC[C@@H]2C(=O)O)c1. The van der Waals surface area contributed by atoms with Crippen molar-refractivity contribution < 1.29 is 14.7 Å². The largest absolute Gasteiger partial charge is 0.480 e. The molecule has 2 rings (SSSR count). The first-order valence-corrected chi connectivity index (χ1v) is 5.95. The van der Waals surface area contributed by atoms with E-state index >= 15 is 0 Å². The van der Waals surface area contributed by atoms with Gasteiger partial charge in [0.1, 0.15) is 6.04 Å². The minimum atomic E-state index is -0.938. The highest BCUT2D eigenvalue weighted by Crippen LogP contribution is 2.19. The van der Waals surface area contributed by atoms with Crippen LogP contribution in [0.15, 0.2) is 24.3 Å². The summed E-state index contributed by atoms with van der Waals surface area (Å²) in [6, 6.07) is 6.38. The quantitative estimate of drug-likeness (QED) is 0.841. The number of carboxylic acid groups (broad SMARTS) is 1. The highest BCUT2D eigenvalue weighted by atomic mass is 16.4. The fraction of sp³-hybridized carbons (Fsp3) is 0.385. The summed E-state index contributed by atoms with van der Waals surface area (Å²) >= 11 is 0. The van der Waals surface area contributed by atoms with Crippen molar-refractivity contribution in [3.63, 3.8) is 0 Å². The van der Waals surface area contributed by atoms with E-state index in [-0.39, 0.29) is 6.03 Å². The Kier molecular flexibility index (Phi) is 3.50. The molecule has 1 aliphatic rings. The summed E-state index contributed by atoms with van der Waals surface area (Å²) in [7, 11) is 0. The van der Waals surface area contributed by atoms with Gasteiger partial charge in [0, 0.05) is 12.2 Å². The molecule has 5 nitrogen and oxygen atoms in total. The number of rotatable bonds is 2. The number of likely N-dealkylation sites (tertiary alicyclic amines) is 1. The van der Waals surface area contributed by atoms with Gasteiger partial charge in [0.05, 0.1) is 0 Å². The molecule has 1 aliphatic heterocycles. The topological polar surface area (TPSA) is 69.6 Å². The average molecular weight is 248 g/mol. The number of aliphatic carboxylic acids is 1. The predicted molar refractivity (Wildman–Crippen MR) is 67.6 cm³/mol.